The van der Waals surface area contributed by atoms with Crippen LogP contribution in [0, 0.1) is 11.6 Å². The zero-order chi connectivity index (χ0) is 104. The van der Waals surface area contributed by atoms with E-state index in [4.69, 9.17) is 77.9 Å². The summed E-state index contributed by atoms with van der Waals surface area (Å²) < 4.78 is 117. The van der Waals surface area contributed by atoms with Crippen LogP contribution in [0.2, 0.25) is 0 Å². The lowest BCUT2D eigenvalue weighted by Crippen LogP contribution is -2.53. The van der Waals surface area contributed by atoms with Gasteiger partial charge in [0, 0.05) is 107 Å². The van der Waals surface area contributed by atoms with Gasteiger partial charge < -0.3 is 170 Å². The molecule has 5 rings (SSSR count). The number of hydrogen-bond acceptors (Lipinski definition) is 40. The highest BCUT2D eigenvalue weighted by atomic mass is 32.1. The summed E-state index contributed by atoms with van der Waals surface area (Å²) in [7, 11) is 2.62. The van der Waals surface area contributed by atoms with E-state index in [0.29, 0.717) is 35.0 Å². The minimum atomic E-state index is -2.02. The Morgan fingerprint density at radius 3 is 1.44 bits per heavy atom. The number of carbonyl (C=O) groups excluding carboxylic acids is 15. The number of amides is 12. The molecule has 3 heterocycles. The summed E-state index contributed by atoms with van der Waals surface area (Å²) in [5, 5.41) is 118. The lowest BCUT2D eigenvalue weighted by Gasteiger charge is -2.26. The van der Waals surface area contributed by atoms with Gasteiger partial charge in [0.15, 0.2) is 40.4 Å². The second kappa shape index (κ2) is 66.8. The van der Waals surface area contributed by atoms with Gasteiger partial charge in [0.25, 0.3) is 0 Å². The first-order chi connectivity index (χ1) is 67.4. The number of methoxy groups -OCH3 is 2. The summed E-state index contributed by atoms with van der Waals surface area (Å²) in [5.74, 6) is -13.5. The Morgan fingerprint density at radius 1 is 0.471 bits per heavy atom. The highest BCUT2D eigenvalue weighted by Crippen LogP contribution is 2.42. The van der Waals surface area contributed by atoms with Crippen LogP contribution >= 0.6 is 11.3 Å². The van der Waals surface area contributed by atoms with Gasteiger partial charge in [-0.1, -0.05) is 0 Å². The molecule has 0 spiro atoms. The molecule has 140 heavy (non-hydrogen) atoms. The van der Waals surface area contributed by atoms with E-state index in [0.717, 1.165) is 11.3 Å². The van der Waals surface area contributed by atoms with Crippen LogP contribution in [0.1, 0.15) is 113 Å². The zero-order valence-electron chi connectivity index (χ0n) is 79.2. The van der Waals surface area contributed by atoms with E-state index in [9.17, 15) is 113 Å². The van der Waals surface area contributed by atoms with Gasteiger partial charge in [0.2, 0.25) is 70.9 Å². The first kappa shape index (κ1) is 118. The quantitative estimate of drug-likeness (QED) is 0.0108. The van der Waals surface area contributed by atoms with Crippen molar-refractivity contribution in [2.45, 2.75) is 171 Å². The van der Waals surface area contributed by atoms with Gasteiger partial charge >= 0.3 is 11.9 Å². The number of hydrogen-bond donors (Lipinski definition) is 19. The molecule has 788 valence electrons. The largest absolute Gasteiger partial charge is 0.493 e. The highest BCUT2D eigenvalue weighted by Gasteiger charge is 2.37. The number of ether oxygens (including phenoxy) is 14. The standard InChI is InChI=1S/C87H131F2N11O39S/c1-5-136-76(118)15-9-57(103)65-38-53-64(140-65)39-63(127-4)85(78(53)88)138-20-6-19-137-84-62(126-3)37-52-46-99(47-54(52)79(84)89)73(115)14-16-77(119)139-51(2)40-91-66(108)10-8-56(98-72(114)48-100-74(116)12-13-75(100)117)87(125)96-45-71(113)94-44-70(112)93-43-69(111)90-18-22-129-24-26-131-28-30-133-32-34-135-36-35-134-33-31-132-29-27-130-25-23-128-21-17-68(110)97-55(86(124)95-42-59(105)81(121)83(123)61(107)50-102)7-11-67(109)92-41-58(104)80(120)82(122)60(106)49-101/h37-39,51,55-56,58-61,80-83,101-102,104-107,120-123H,5-36,40-50H2,1-4H3,(H,90,111)(H,91,108)(H,92,109)(H,93,112)(H,94,113)(H,95,124)(H,96,125)(H,97,110)(H,98,114)/t51-,55-,56-,58-,59-,60+,61+,80+,81+,82+,83+/m0/s1/i12T/t12?,51-,55-,56-,58-,59-,60+,61+,80+,81+,82+,83+. The number of benzene rings is 2. The van der Waals surface area contributed by atoms with E-state index < -0.39 is 252 Å². The van der Waals surface area contributed by atoms with Crippen molar-refractivity contribution in [2.75, 3.05) is 205 Å². The monoisotopic (exact) mass is 2030 g/mol. The van der Waals surface area contributed by atoms with E-state index in [1.54, 1.807) is 6.92 Å². The number of rotatable bonds is 76. The van der Waals surface area contributed by atoms with Crippen molar-refractivity contribution in [3.05, 3.63) is 45.8 Å². The van der Waals surface area contributed by atoms with Crippen molar-refractivity contribution in [1.82, 2.24) is 57.7 Å². The fraction of sp³-hybridized carbons (Fsp3) is 0.667. The highest BCUT2D eigenvalue weighted by molar-refractivity contribution is 7.20. The van der Waals surface area contributed by atoms with Gasteiger partial charge in [-0.3, -0.25) is 76.8 Å². The second-order valence-electron chi connectivity index (χ2n) is 31.2. The van der Waals surface area contributed by atoms with E-state index >= 15 is 8.78 Å². The van der Waals surface area contributed by atoms with Crippen LogP contribution in [0.25, 0.3) is 10.1 Å². The normalized spacial score (nSPS) is 15.3. The fourth-order valence-corrected chi connectivity index (χ4v) is 13.8. The van der Waals surface area contributed by atoms with Gasteiger partial charge in [-0.2, -0.15) is 0 Å². The van der Waals surface area contributed by atoms with E-state index in [1.807, 2.05) is 0 Å². The molecule has 2 aromatic carbocycles. The second-order valence-corrected chi connectivity index (χ2v) is 32.3. The number of likely N-dealkylation sites (tertiary alicyclic amines) is 1. The maximum Gasteiger partial charge on any atom is 0.306 e. The number of carbonyl (C=O) groups is 15. The van der Waals surface area contributed by atoms with Gasteiger partial charge in [0.1, 0.15) is 61.4 Å². The number of aliphatic hydroxyl groups excluding tert-OH is 10. The predicted octanol–water partition coefficient (Wildman–Crippen LogP) is -6.99. The van der Waals surface area contributed by atoms with E-state index in [-0.39, 0.29) is 215 Å². The number of ketones is 1. The number of halogens is 2. The Hall–Kier alpha value is -10.8. The van der Waals surface area contributed by atoms with Crippen LogP contribution in [0.3, 0.4) is 0 Å². The number of aliphatic hydroxyl groups is 10. The average molecular weight is 2030 g/mol. The average Bonchev–Trinajstić information content (AvgIpc) is 1.64. The van der Waals surface area contributed by atoms with Crippen LogP contribution < -0.4 is 66.8 Å². The number of imide groups is 1. The van der Waals surface area contributed by atoms with Crippen LogP contribution in [0.5, 0.6) is 23.0 Å². The van der Waals surface area contributed by atoms with Crippen LogP contribution in [0.4, 0.5) is 8.78 Å². The molecule has 0 bridgehead atoms. The van der Waals surface area contributed by atoms with Crippen LogP contribution in [-0.2, 0) is 128 Å². The van der Waals surface area contributed by atoms with Crippen molar-refractivity contribution in [3.8, 4) is 23.0 Å². The topological polar surface area (TPSA) is 702 Å². The van der Waals surface area contributed by atoms with Crippen LogP contribution in [-0.4, -0.2) is 422 Å². The van der Waals surface area contributed by atoms with Crippen molar-refractivity contribution in [1.29, 1.82) is 0 Å². The third-order valence-corrected chi connectivity index (χ3v) is 21.6. The summed E-state index contributed by atoms with van der Waals surface area (Å²) in [6, 6.07) is 1.41. The summed E-state index contributed by atoms with van der Waals surface area (Å²) in [5.41, 5.74) is 0.557. The summed E-state index contributed by atoms with van der Waals surface area (Å²) >= 11 is 1.03. The SMILES string of the molecule is [3H]C1CC(=O)N(CC(=O)N[C@@H](CCC(=O)NC[C@H](C)OC(=O)CCC(=O)N2Cc3cc(OC)c(OCCCOc4c(OC)cc5sc(C(=O)CCC(=O)OCC)cc5c4F)c(F)c3C2)C(=O)NCC(=O)NCC(=O)NCC(=O)NCCOCCOCCOCCOCCOCCOCCOCCOCCC(=O)N[C@@H](CCC(=O)NC[C@H](O)[C@@H](O)[C@H](O)[C@H](O)CO)C(=O)NC[C@H](O)[C@@H](O)[C@H](O)[C@H](O)CO)C1=O. The number of esters is 2. The lowest BCUT2D eigenvalue weighted by molar-refractivity contribution is -0.150. The first-order valence-corrected chi connectivity index (χ1v) is 45.9. The molecule has 0 saturated carbocycles. The van der Waals surface area contributed by atoms with Crippen molar-refractivity contribution < 1.29 is 199 Å². The number of Topliss-reactive ketones (excluding diaryl/α,β-unsaturated/α-hetero) is 1. The van der Waals surface area contributed by atoms with Gasteiger partial charge in [-0.05, 0) is 44.4 Å². The molecule has 50 nitrogen and oxygen atoms in total. The Morgan fingerprint density at radius 2 is 0.929 bits per heavy atom. The van der Waals surface area contributed by atoms with Crippen molar-refractivity contribution in [2.24, 2.45) is 0 Å². The number of fused-ring (bicyclic) bond motifs is 2. The minimum absolute atomic E-state index is 0.0252. The van der Waals surface area contributed by atoms with Gasteiger partial charge in [-0.25, -0.2) is 8.78 Å². The molecule has 3 aromatic rings. The molecule has 1 fully saturated rings. The number of thiophene rings is 1. The van der Waals surface area contributed by atoms with Crippen molar-refractivity contribution >= 4 is 110 Å². The molecule has 12 amide bonds. The molecule has 1 aromatic heterocycles. The summed E-state index contributed by atoms with van der Waals surface area (Å²) in [6.45, 7) is -0.109. The third kappa shape index (κ3) is 44.6. The predicted molar refractivity (Wildman–Crippen MR) is 479 cm³/mol. The molecular weight excluding hydrogens is 1890 g/mol. The smallest absolute Gasteiger partial charge is 0.306 e. The molecule has 1 unspecified atom stereocenters. The molecule has 2 aliphatic rings. The lowest BCUT2D eigenvalue weighted by atomic mass is 10.0. The molecular formula is C87H131F2N11O39S. The zero-order valence-corrected chi connectivity index (χ0v) is 79.0. The van der Waals surface area contributed by atoms with Crippen molar-refractivity contribution in [3.63, 3.8) is 0 Å². The van der Waals surface area contributed by atoms with Gasteiger partial charge in [0.05, 0.1) is 209 Å². The first-order valence-electron chi connectivity index (χ1n) is 45.7. The molecule has 53 heteroatoms. The maximum absolute atomic E-state index is 16.2. The van der Waals surface area contributed by atoms with Gasteiger partial charge in [-0.15, -0.1) is 11.3 Å². The fourth-order valence-electron chi connectivity index (χ4n) is 12.8. The molecule has 0 aliphatic carbocycles. The van der Waals surface area contributed by atoms with Crippen LogP contribution in [0.15, 0.2) is 18.2 Å². The Labute approximate surface area is 809 Å². The molecule has 12 atom stereocenters. The molecule has 0 radical (unpaired) electrons. The minimum Gasteiger partial charge on any atom is -0.493 e. The van der Waals surface area contributed by atoms with E-state index in [2.05, 4.69) is 47.9 Å². The van der Waals surface area contributed by atoms with E-state index in [1.165, 1.54) is 44.2 Å². The Kier molecular flexibility index (Phi) is 56.3. The maximum atomic E-state index is 16.2. The molecule has 2 aliphatic heterocycles. The molecule has 19 N–H and O–H groups in total. The Balaban J connectivity index is 0.856. The Bertz CT molecular complexity index is 4500. The number of nitrogens with zero attached hydrogens (tertiary/aromatic N) is 2. The summed E-state index contributed by atoms with van der Waals surface area (Å²) in [4.78, 5) is 194. The summed E-state index contributed by atoms with van der Waals surface area (Å²) in [6.07, 6.45) is -21.0. The number of nitrogens with one attached hydrogen (secondary N) is 9. The molecule has 1 saturated heterocycles. The third-order valence-electron chi connectivity index (χ3n) is 20.5.